The van der Waals surface area contributed by atoms with Crippen LogP contribution in [-0.4, -0.2) is 93.2 Å². The van der Waals surface area contributed by atoms with Crippen molar-refractivity contribution in [2.75, 3.05) is 59.5 Å². The molecule has 0 saturated carbocycles. The molecule has 1 aliphatic heterocycles. The fourth-order valence-corrected chi connectivity index (χ4v) is 3.53. The summed E-state index contributed by atoms with van der Waals surface area (Å²) in [6, 6.07) is 9.79. The molecule has 0 atom stereocenters. The Bertz CT molecular complexity index is 718. The van der Waals surface area contributed by atoms with Crippen LogP contribution < -0.4 is 10.6 Å². The van der Waals surface area contributed by atoms with Crippen LogP contribution in [0.3, 0.4) is 0 Å². The topological polar surface area (TPSA) is 92.4 Å². The molecule has 2 N–H and O–H groups in total. The van der Waals surface area contributed by atoms with Gasteiger partial charge in [-0.25, -0.2) is 9.59 Å². The lowest BCUT2D eigenvalue weighted by Gasteiger charge is -2.32. The van der Waals surface area contributed by atoms with Gasteiger partial charge in [0, 0.05) is 45.3 Å². The fraction of sp³-hybridized carbons (Fsp3) is 0.680. The van der Waals surface area contributed by atoms with Gasteiger partial charge in [-0.2, -0.15) is 0 Å². The number of benzene rings is 1. The lowest BCUT2D eigenvalue weighted by molar-refractivity contribution is 0.0461. The van der Waals surface area contributed by atoms with E-state index in [0.717, 1.165) is 51.1 Å². The second-order valence-corrected chi connectivity index (χ2v) is 9.67. The maximum Gasteiger partial charge on any atom is 0.407 e. The van der Waals surface area contributed by atoms with Gasteiger partial charge in [-0.1, -0.05) is 30.3 Å². The Labute approximate surface area is 204 Å². The van der Waals surface area contributed by atoms with E-state index in [1.165, 1.54) is 0 Å². The zero-order valence-corrected chi connectivity index (χ0v) is 21.2. The summed E-state index contributed by atoms with van der Waals surface area (Å²) in [6.07, 6.45) is 1.10. The molecule has 1 aliphatic rings. The molecule has 1 saturated heterocycles. The minimum atomic E-state index is -0.471. The molecule has 0 aromatic heterocycles. The highest BCUT2D eigenvalue weighted by molar-refractivity contribution is 5.68. The van der Waals surface area contributed by atoms with Crippen molar-refractivity contribution < 1.29 is 23.8 Å². The predicted octanol–water partition coefficient (Wildman–Crippen LogP) is 2.85. The number of hydrogen-bond acceptors (Lipinski definition) is 7. The van der Waals surface area contributed by atoms with Crippen molar-refractivity contribution in [2.45, 2.75) is 51.9 Å². The van der Waals surface area contributed by atoms with Crippen LogP contribution in [0.4, 0.5) is 9.59 Å². The number of hydrogen-bond donors (Lipinski definition) is 2. The number of piperidine rings is 1. The molecular formula is C25H42N4O5. The molecular weight excluding hydrogens is 436 g/mol. The molecule has 1 aromatic rings. The quantitative estimate of drug-likeness (QED) is 0.446. The van der Waals surface area contributed by atoms with Crippen molar-refractivity contribution >= 4 is 12.2 Å². The van der Waals surface area contributed by atoms with Crippen molar-refractivity contribution in [3.8, 4) is 0 Å². The van der Waals surface area contributed by atoms with E-state index in [9.17, 15) is 9.59 Å². The largest absolute Gasteiger partial charge is 0.445 e. The van der Waals surface area contributed by atoms with E-state index >= 15 is 0 Å². The Morgan fingerprint density at radius 3 is 2.44 bits per heavy atom. The van der Waals surface area contributed by atoms with Crippen LogP contribution in [0, 0.1) is 0 Å². The molecule has 0 radical (unpaired) electrons. The lowest BCUT2D eigenvalue weighted by atomic mass is 10.1. The van der Waals surface area contributed by atoms with E-state index in [0.29, 0.717) is 19.8 Å². The third-order valence-corrected chi connectivity index (χ3v) is 5.45. The Kier molecular flexibility index (Phi) is 12.1. The minimum Gasteiger partial charge on any atom is -0.445 e. The maximum atomic E-state index is 11.9. The van der Waals surface area contributed by atoms with E-state index in [2.05, 4.69) is 20.4 Å². The Balaban J connectivity index is 1.43. The molecule has 1 fully saturated rings. The van der Waals surface area contributed by atoms with Gasteiger partial charge in [-0.15, -0.1) is 0 Å². The number of amides is 2. The minimum absolute atomic E-state index is 0.171. The van der Waals surface area contributed by atoms with Gasteiger partial charge in [0.25, 0.3) is 0 Å². The van der Waals surface area contributed by atoms with E-state index in [1.807, 2.05) is 58.2 Å². The number of rotatable bonds is 12. The van der Waals surface area contributed by atoms with Crippen molar-refractivity contribution in [2.24, 2.45) is 0 Å². The van der Waals surface area contributed by atoms with Gasteiger partial charge < -0.3 is 34.6 Å². The fourth-order valence-electron chi connectivity index (χ4n) is 3.53. The monoisotopic (exact) mass is 478 g/mol. The van der Waals surface area contributed by atoms with E-state index in [-0.39, 0.29) is 18.7 Å². The predicted molar refractivity (Wildman–Crippen MR) is 132 cm³/mol. The van der Waals surface area contributed by atoms with E-state index < -0.39 is 11.7 Å². The average molecular weight is 479 g/mol. The number of ether oxygens (including phenoxy) is 3. The van der Waals surface area contributed by atoms with Crippen LogP contribution in [0.15, 0.2) is 30.3 Å². The molecule has 2 rings (SSSR count). The second kappa shape index (κ2) is 14.8. The number of carbonyl (C=O) groups excluding carboxylic acids is 2. The number of likely N-dealkylation sites (N-methyl/N-ethyl adjacent to an activating group) is 1. The number of nitrogens with zero attached hydrogens (tertiary/aromatic N) is 2. The zero-order chi connectivity index (χ0) is 24.8. The molecule has 9 heteroatoms. The van der Waals surface area contributed by atoms with Crippen molar-refractivity contribution in [3.05, 3.63) is 35.9 Å². The number of carbonyl (C=O) groups is 2. The SMILES string of the molecule is CN(CCNC(=O)OCc1ccccc1)CCOCCN1CCC(NC(=O)OC(C)(C)C)CC1. The Hall–Kier alpha value is -2.36. The normalized spacial score (nSPS) is 15.2. The van der Waals surface area contributed by atoms with Crippen molar-refractivity contribution in [1.82, 2.24) is 20.4 Å². The van der Waals surface area contributed by atoms with Crippen LogP contribution in [0.1, 0.15) is 39.2 Å². The smallest absolute Gasteiger partial charge is 0.407 e. The first-order valence-electron chi connectivity index (χ1n) is 12.1. The average Bonchev–Trinajstić information content (AvgIpc) is 2.78. The van der Waals surface area contributed by atoms with Gasteiger partial charge >= 0.3 is 12.2 Å². The van der Waals surface area contributed by atoms with Crippen molar-refractivity contribution in [3.63, 3.8) is 0 Å². The molecule has 0 bridgehead atoms. The molecule has 0 unspecified atom stereocenters. The summed E-state index contributed by atoms with van der Waals surface area (Å²) >= 11 is 0. The van der Waals surface area contributed by atoms with Gasteiger partial charge in [0.05, 0.1) is 13.2 Å². The number of alkyl carbamates (subject to hydrolysis) is 2. The third kappa shape index (κ3) is 12.8. The summed E-state index contributed by atoms with van der Waals surface area (Å²) in [6.45, 7) is 12.0. The van der Waals surface area contributed by atoms with Crippen LogP contribution in [-0.2, 0) is 20.8 Å². The highest BCUT2D eigenvalue weighted by Gasteiger charge is 2.23. The van der Waals surface area contributed by atoms with Crippen LogP contribution in [0.25, 0.3) is 0 Å². The first-order valence-corrected chi connectivity index (χ1v) is 12.1. The number of nitrogens with one attached hydrogen (secondary N) is 2. The van der Waals surface area contributed by atoms with E-state index in [1.54, 1.807) is 0 Å². The van der Waals surface area contributed by atoms with Gasteiger partial charge in [0.2, 0.25) is 0 Å². The van der Waals surface area contributed by atoms with Crippen LogP contribution in [0.5, 0.6) is 0 Å². The van der Waals surface area contributed by atoms with Gasteiger partial charge in [0.1, 0.15) is 12.2 Å². The lowest BCUT2D eigenvalue weighted by Crippen LogP contribution is -2.46. The third-order valence-electron chi connectivity index (χ3n) is 5.45. The molecule has 0 aliphatic carbocycles. The second-order valence-electron chi connectivity index (χ2n) is 9.67. The first kappa shape index (κ1) is 27.9. The first-order chi connectivity index (χ1) is 16.2. The Morgan fingerprint density at radius 2 is 1.76 bits per heavy atom. The molecule has 2 amide bonds. The highest BCUT2D eigenvalue weighted by Crippen LogP contribution is 2.12. The summed E-state index contributed by atoms with van der Waals surface area (Å²) in [5.74, 6) is 0. The molecule has 1 heterocycles. The standard InChI is InChI=1S/C25H42N4O5/c1-25(2,3)34-24(31)27-22-10-13-29(14-11-22)17-19-32-18-16-28(4)15-12-26-23(30)33-20-21-8-6-5-7-9-21/h5-9,22H,10-20H2,1-4H3,(H,26,30)(H,27,31). The molecule has 0 spiro atoms. The summed E-state index contributed by atoms with van der Waals surface area (Å²) < 4.78 is 16.3. The van der Waals surface area contributed by atoms with Crippen molar-refractivity contribution in [1.29, 1.82) is 0 Å². The maximum absolute atomic E-state index is 11.9. The van der Waals surface area contributed by atoms with E-state index in [4.69, 9.17) is 14.2 Å². The summed E-state index contributed by atoms with van der Waals surface area (Å²) in [7, 11) is 2.00. The Morgan fingerprint density at radius 1 is 1.06 bits per heavy atom. The molecule has 1 aromatic carbocycles. The molecule has 34 heavy (non-hydrogen) atoms. The van der Waals surface area contributed by atoms with Crippen LogP contribution in [0.2, 0.25) is 0 Å². The molecule has 192 valence electrons. The highest BCUT2D eigenvalue weighted by atomic mass is 16.6. The van der Waals surface area contributed by atoms with Gasteiger partial charge in [-0.3, -0.25) is 0 Å². The summed E-state index contributed by atoms with van der Waals surface area (Å²) in [4.78, 5) is 28.1. The van der Waals surface area contributed by atoms with Gasteiger partial charge in [-0.05, 0) is 46.2 Å². The summed E-state index contributed by atoms with van der Waals surface area (Å²) in [5, 5.41) is 5.73. The molecule has 9 nitrogen and oxygen atoms in total. The zero-order valence-electron chi connectivity index (χ0n) is 21.2. The van der Waals surface area contributed by atoms with Crippen LogP contribution >= 0.6 is 0 Å². The number of likely N-dealkylation sites (tertiary alicyclic amines) is 1. The summed E-state index contributed by atoms with van der Waals surface area (Å²) in [5.41, 5.74) is 0.495. The van der Waals surface area contributed by atoms with Gasteiger partial charge in [0.15, 0.2) is 0 Å².